The summed E-state index contributed by atoms with van der Waals surface area (Å²) in [4.78, 5) is 73.0. The van der Waals surface area contributed by atoms with Gasteiger partial charge in [0.05, 0.1) is 26.4 Å². The van der Waals surface area contributed by atoms with Crippen molar-refractivity contribution < 1.29 is 80.2 Å². The molecule has 0 heterocycles. The van der Waals surface area contributed by atoms with E-state index in [4.69, 9.17) is 37.0 Å². The summed E-state index contributed by atoms with van der Waals surface area (Å²) >= 11 is 0. The predicted molar refractivity (Wildman–Crippen MR) is 427 cm³/mol. The minimum absolute atomic E-state index is 0.0367. The monoisotopic (exact) mass is 1500 g/mol. The molecule has 0 aliphatic carbocycles. The normalized spacial score (nSPS) is 14.6. The molecule has 5 atom stereocenters. The molecule has 0 aromatic carbocycles. The Bertz CT molecular complexity index is 2490. The molecular formula is C85H144O17P2. The molecule has 0 aliphatic rings. The Morgan fingerprint density at radius 3 is 0.856 bits per heavy atom. The van der Waals surface area contributed by atoms with Crippen molar-refractivity contribution in [1.82, 2.24) is 0 Å². The third-order valence-corrected chi connectivity index (χ3v) is 18.5. The molecule has 596 valence electrons. The molecule has 0 fully saturated rings. The third kappa shape index (κ3) is 75.4. The van der Waals surface area contributed by atoms with Crippen LogP contribution in [0.1, 0.15) is 323 Å². The van der Waals surface area contributed by atoms with E-state index < -0.39 is 97.5 Å². The zero-order chi connectivity index (χ0) is 76.0. The molecule has 19 heteroatoms. The number of unbranched alkanes of at least 4 members (excludes halogenated alkanes) is 27. The number of carbonyl (C=O) groups excluding carboxylic acids is 4. The molecule has 0 aliphatic heterocycles. The van der Waals surface area contributed by atoms with Gasteiger partial charge in [-0.3, -0.25) is 37.3 Å². The lowest BCUT2D eigenvalue weighted by molar-refractivity contribution is -0.161. The molecule has 2 unspecified atom stereocenters. The van der Waals surface area contributed by atoms with Crippen molar-refractivity contribution in [3.8, 4) is 0 Å². The summed E-state index contributed by atoms with van der Waals surface area (Å²) in [5, 5.41) is 10.6. The molecule has 104 heavy (non-hydrogen) atoms. The van der Waals surface area contributed by atoms with E-state index >= 15 is 0 Å². The number of allylic oxidation sites excluding steroid dienone is 22. The van der Waals surface area contributed by atoms with Gasteiger partial charge >= 0.3 is 39.5 Å². The van der Waals surface area contributed by atoms with Gasteiger partial charge in [0.2, 0.25) is 0 Å². The SMILES string of the molecule is CC/C=C\C/C=C\C/C=C\C/C=C\C/C=C\C/C=C\CCC(=O)O[C@H](COC(=O)CCCCCCC/C=C\C/C=C\CCCCC)COP(=O)(O)OC[C@@H](O)COP(=O)(O)OC[C@@H](COC(=O)CCCCCCC/C=C\CCCCCCCC)OC(=O)CCCCCCC/C=C\C/C=C\CCCCC. The van der Waals surface area contributed by atoms with Crippen LogP contribution in [0.3, 0.4) is 0 Å². The van der Waals surface area contributed by atoms with Crippen molar-refractivity contribution in [3.05, 3.63) is 134 Å². The van der Waals surface area contributed by atoms with Gasteiger partial charge in [-0.25, -0.2) is 9.13 Å². The molecule has 17 nitrogen and oxygen atoms in total. The number of hydrogen-bond donors (Lipinski definition) is 3. The van der Waals surface area contributed by atoms with Gasteiger partial charge in [-0.15, -0.1) is 0 Å². The first-order valence-corrected chi connectivity index (χ1v) is 43.4. The fourth-order valence-corrected chi connectivity index (χ4v) is 12.0. The quantitative estimate of drug-likeness (QED) is 0.0169. The van der Waals surface area contributed by atoms with Crippen molar-refractivity contribution in [2.45, 2.75) is 341 Å². The number of aliphatic hydroxyl groups is 1. The van der Waals surface area contributed by atoms with Gasteiger partial charge in [0, 0.05) is 25.7 Å². The number of carbonyl (C=O) groups is 4. The molecule has 0 saturated carbocycles. The Morgan fingerprint density at radius 2 is 0.519 bits per heavy atom. The average molecular weight is 1500 g/mol. The number of phosphoric acid groups is 2. The molecule has 0 bridgehead atoms. The lowest BCUT2D eigenvalue weighted by Gasteiger charge is -2.21. The number of phosphoric ester groups is 2. The summed E-state index contributed by atoms with van der Waals surface area (Å²) in [6.07, 6.45) is 85.8. The first-order chi connectivity index (χ1) is 50.7. The Labute approximate surface area is 631 Å². The molecule has 0 aromatic heterocycles. The zero-order valence-electron chi connectivity index (χ0n) is 65.2. The van der Waals surface area contributed by atoms with E-state index in [0.29, 0.717) is 32.1 Å². The number of ether oxygens (including phenoxy) is 4. The summed E-state index contributed by atoms with van der Waals surface area (Å²) in [5.41, 5.74) is 0. The highest BCUT2D eigenvalue weighted by Crippen LogP contribution is 2.45. The van der Waals surface area contributed by atoms with E-state index in [0.717, 1.165) is 161 Å². The smallest absolute Gasteiger partial charge is 0.462 e. The third-order valence-electron chi connectivity index (χ3n) is 16.6. The van der Waals surface area contributed by atoms with Crippen LogP contribution in [-0.4, -0.2) is 96.7 Å². The lowest BCUT2D eigenvalue weighted by atomic mass is 10.1. The standard InChI is InChI=1S/C85H144O17P2/c1-5-9-13-17-21-25-29-33-37-38-39-40-44-48-52-56-60-64-68-72-85(90)102-81(76-96-83(88)70-66-62-58-54-50-46-42-35-31-27-23-19-15-11-7-3)78-100-104(93,94)98-74-79(86)73-97-103(91,92)99-77-80(101-84(89)71-67-63-59-55-51-47-43-36-32-28-24-20-16-12-8-4)75-95-82(87)69-65-61-57-53-49-45-41-34-30-26-22-18-14-10-6-2/h9,13,21,23-25,27-28,33-37,39-43,48,52,60,64,79-81,86H,5-8,10-12,14-20,22,26,29-32,38,44-47,49-51,53-59,61-63,65-78H2,1-4H3,(H,91,92)(H,93,94)/b13-9-,25-21-,27-23-,28-24-,37-33-,40-39-,41-34-,42-35-,43-36-,52-48-,64-60-/t79-,80+,81+/m0/s1. The van der Waals surface area contributed by atoms with Crippen LogP contribution in [0, 0.1) is 0 Å². The maximum atomic E-state index is 13.1. The van der Waals surface area contributed by atoms with Gasteiger partial charge in [0.25, 0.3) is 0 Å². The number of aliphatic hydroxyl groups excluding tert-OH is 1. The minimum atomic E-state index is -5.01. The highest BCUT2D eigenvalue weighted by atomic mass is 31.2. The van der Waals surface area contributed by atoms with Crippen molar-refractivity contribution in [1.29, 1.82) is 0 Å². The van der Waals surface area contributed by atoms with Crippen molar-refractivity contribution >= 4 is 39.5 Å². The second kappa shape index (κ2) is 76.4. The molecule has 0 spiro atoms. The number of esters is 4. The van der Waals surface area contributed by atoms with Crippen LogP contribution < -0.4 is 0 Å². The van der Waals surface area contributed by atoms with Crippen LogP contribution in [-0.2, 0) is 65.4 Å². The highest BCUT2D eigenvalue weighted by molar-refractivity contribution is 7.47. The van der Waals surface area contributed by atoms with Gasteiger partial charge in [-0.1, -0.05) is 277 Å². The van der Waals surface area contributed by atoms with E-state index in [1.807, 2.05) is 18.2 Å². The van der Waals surface area contributed by atoms with Crippen LogP contribution in [0.15, 0.2) is 134 Å². The average Bonchev–Trinajstić information content (AvgIpc) is 0.943. The Balaban J connectivity index is 5.47. The maximum Gasteiger partial charge on any atom is 0.472 e. The first-order valence-electron chi connectivity index (χ1n) is 40.4. The van der Waals surface area contributed by atoms with Gasteiger partial charge < -0.3 is 33.8 Å². The van der Waals surface area contributed by atoms with Gasteiger partial charge in [0.15, 0.2) is 12.2 Å². The second-order valence-electron chi connectivity index (χ2n) is 26.6. The van der Waals surface area contributed by atoms with Crippen LogP contribution in [0.5, 0.6) is 0 Å². The summed E-state index contributed by atoms with van der Waals surface area (Å²) in [7, 11) is -10.00. The summed E-state index contributed by atoms with van der Waals surface area (Å²) in [6.45, 7) is 4.59. The van der Waals surface area contributed by atoms with Gasteiger partial charge in [-0.05, 0) is 154 Å². The fraction of sp³-hybridized carbons (Fsp3) is 0.694. The molecule has 0 aromatic rings. The summed E-state index contributed by atoms with van der Waals surface area (Å²) in [5.74, 6) is -2.31. The maximum absolute atomic E-state index is 13.1. The predicted octanol–water partition coefficient (Wildman–Crippen LogP) is 23.7. The Morgan fingerprint density at radius 1 is 0.279 bits per heavy atom. The molecule has 0 radical (unpaired) electrons. The topological polar surface area (TPSA) is 237 Å². The summed E-state index contributed by atoms with van der Waals surface area (Å²) < 4.78 is 68.5. The second-order valence-corrected chi connectivity index (χ2v) is 29.5. The largest absolute Gasteiger partial charge is 0.472 e. The first kappa shape index (κ1) is 99.2. The summed E-state index contributed by atoms with van der Waals surface area (Å²) in [6, 6.07) is 0. The van der Waals surface area contributed by atoms with E-state index in [2.05, 4.69) is 143 Å². The molecular weight excluding hydrogens is 1350 g/mol. The number of hydrogen-bond acceptors (Lipinski definition) is 15. The van der Waals surface area contributed by atoms with Crippen LogP contribution in [0.2, 0.25) is 0 Å². The van der Waals surface area contributed by atoms with E-state index in [9.17, 15) is 43.2 Å². The van der Waals surface area contributed by atoms with E-state index in [-0.39, 0.29) is 25.7 Å². The Kier molecular flexibility index (Phi) is 72.9. The molecule has 3 N–H and O–H groups in total. The highest BCUT2D eigenvalue weighted by Gasteiger charge is 2.30. The van der Waals surface area contributed by atoms with Crippen LogP contribution in [0.4, 0.5) is 0 Å². The molecule has 0 saturated heterocycles. The van der Waals surface area contributed by atoms with Gasteiger partial charge in [0.1, 0.15) is 19.3 Å². The van der Waals surface area contributed by atoms with Crippen LogP contribution in [0.25, 0.3) is 0 Å². The minimum Gasteiger partial charge on any atom is -0.462 e. The van der Waals surface area contributed by atoms with E-state index in [1.165, 1.54) is 77.0 Å². The Hall–Kier alpha value is -4.80. The van der Waals surface area contributed by atoms with Crippen molar-refractivity contribution in [3.63, 3.8) is 0 Å². The lowest BCUT2D eigenvalue weighted by Crippen LogP contribution is -2.30. The fourth-order valence-electron chi connectivity index (χ4n) is 10.4. The molecule has 0 amide bonds. The van der Waals surface area contributed by atoms with Crippen molar-refractivity contribution in [2.75, 3.05) is 39.6 Å². The van der Waals surface area contributed by atoms with Crippen molar-refractivity contribution in [2.24, 2.45) is 0 Å². The van der Waals surface area contributed by atoms with Crippen LogP contribution >= 0.6 is 15.6 Å². The molecule has 0 rings (SSSR count). The zero-order valence-corrected chi connectivity index (χ0v) is 66.9. The number of rotatable bonds is 75. The van der Waals surface area contributed by atoms with Gasteiger partial charge in [-0.2, -0.15) is 0 Å². The van der Waals surface area contributed by atoms with E-state index in [1.54, 1.807) is 0 Å².